The van der Waals surface area contributed by atoms with E-state index in [9.17, 15) is 14.4 Å². The molecule has 1 aromatic carbocycles. The van der Waals surface area contributed by atoms with Crippen molar-refractivity contribution >= 4 is 38.5 Å². The minimum absolute atomic E-state index is 0.0614. The van der Waals surface area contributed by atoms with Crippen LogP contribution in [-0.2, 0) is 6.54 Å². The molecule has 2 aromatic heterocycles. The van der Waals surface area contributed by atoms with Crippen molar-refractivity contribution in [2.75, 3.05) is 0 Å². The Morgan fingerprint density at radius 2 is 1.81 bits per heavy atom. The van der Waals surface area contributed by atoms with Crippen molar-refractivity contribution in [2.24, 2.45) is 0 Å². The van der Waals surface area contributed by atoms with E-state index >= 15 is 0 Å². The number of aromatic nitrogens is 3. The Morgan fingerprint density at radius 3 is 2.52 bits per heavy atom. The van der Waals surface area contributed by atoms with Crippen LogP contribution in [0.1, 0.15) is 34.2 Å². The number of halogens is 1. The highest BCUT2D eigenvalue weighted by Gasteiger charge is 2.17. The van der Waals surface area contributed by atoms with Gasteiger partial charge in [-0.05, 0) is 34.5 Å². The summed E-state index contributed by atoms with van der Waals surface area (Å²) < 4.78 is 1.90. The van der Waals surface area contributed by atoms with Gasteiger partial charge in [-0.2, -0.15) is 5.10 Å². The van der Waals surface area contributed by atoms with Crippen LogP contribution in [0.5, 0.6) is 0 Å². The predicted octanol–water partition coefficient (Wildman–Crippen LogP) is 2.04. The number of carbonyl (C=O) groups excluding carboxylic acids is 2. The van der Waals surface area contributed by atoms with Crippen LogP contribution in [-0.4, -0.2) is 26.6 Å². The highest BCUT2D eigenvalue weighted by molar-refractivity contribution is 9.10. The molecular formula is C18H16BrN5O3. The molecule has 27 heavy (non-hydrogen) atoms. The number of hydrogen-bond donors (Lipinski definition) is 2. The number of aryl methyl sites for hydroxylation is 1. The Balaban J connectivity index is 1.88. The third-order valence-corrected chi connectivity index (χ3v) is 4.21. The minimum atomic E-state index is -0.618. The van der Waals surface area contributed by atoms with Crippen LogP contribution in [0.2, 0.25) is 0 Å². The maximum Gasteiger partial charge on any atom is 0.290 e. The highest BCUT2D eigenvalue weighted by Crippen LogP contribution is 2.13. The maximum absolute atomic E-state index is 12.6. The van der Waals surface area contributed by atoms with Crippen molar-refractivity contribution in [2.45, 2.75) is 19.9 Å². The Morgan fingerprint density at radius 1 is 1.11 bits per heavy atom. The van der Waals surface area contributed by atoms with E-state index < -0.39 is 11.8 Å². The van der Waals surface area contributed by atoms with E-state index in [0.29, 0.717) is 28.2 Å². The molecule has 0 fully saturated rings. The molecule has 8 nitrogen and oxygen atoms in total. The third-order valence-electron chi connectivity index (χ3n) is 3.77. The molecule has 0 bridgehead atoms. The van der Waals surface area contributed by atoms with Gasteiger partial charge in [-0.1, -0.05) is 25.1 Å². The van der Waals surface area contributed by atoms with Gasteiger partial charge in [0, 0.05) is 28.8 Å². The molecule has 0 saturated heterocycles. The second-order valence-electron chi connectivity index (χ2n) is 5.72. The summed E-state index contributed by atoms with van der Waals surface area (Å²) >= 11 is 3.23. The van der Waals surface area contributed by atoms with Crippen LogP contribution >= 0.6 is 15.9 Å². The fourth-order valence-electron chi connectivity index (χ4n) is 2.55. The van der Waals surface area contributed by atoms with Crippen molar-refractivity contribution < 1.29 is 9.59 Å². The van der Waals surface area contributed by atoms with Crippen LogP contribution in [0.4, 0.5) is 0 Å². The quantitative estimate of drug-likeness (QED) is 0.617. The van der Waals surface area contributed by atoms with E-state index in [1.807, 2.05) is 6.92 Å². The molecule has 0 aliphatic rings. The number of pyridine rings is 1. The zero-order chi connectivity index (χ0) is 19.4. The van der Waals surface area contributed by atoms with Gasteiger partial charge in [-0.25, -0.2) is 4.68 Å². The van der Waals surface area contributed by atoms with Crippen molar-refractivity contribution in [3.05, 3.63) is 68.8 Å². The van der Waals surface area contributed by atoms with E-state index in [-0.39, 0.29) is 16.8 Å². The molecule has 0 atom stereocenters. The number of fused-ring (bicyclic) bond motifs is 1. The van der Waals surface area contributed by atoms with Crippen molar-refractivity contribution in [1.82, 2.24) is 25.6 Å². The summed E-state index contributed by atoms with van der Waals surface area (Å²) in [5.41, 5.74) is 4.75. The molecule has 2 amide bonds. The number of hydrogen-bond acceptors (Lipinski definition) is 5. The van der Waals surface area contributed by atoms with Gasteiger partial charge in [0.05, 0.1) is 10.9 Å². The van der Waals surface area contributed by atoms with E-state index in [2.05, 4.69) is 36.9 Å². The van der Waals surface area contributed by atoms with Gasteiger partial charge in [0.1, 0.15) is 0 Å². The molecule has 0 radical (unpaired) electrons. The highest BCUT2D eigenvalue weighted by atomic mass is 79.9. The lowest BCUT2D eigenvalue weighted by Crippen LogP contribution is -2.42. The smallest absolute Gasteiger partial charge is 0.267 e. The van der Waals surface area contributed by atoms with Gasteiger partial charge in [0.2, 0.25) is 0 Å². The van der Waals surface area contributed by atoms with Crippen LogP contribution in [0.3, 0.4) is 0 Å². The molecule has 2 heterocycles. The topological polar surface area (TPSA) is 106 Å². The summed E-state index contributed by atoms with van der Waals surface area (Å²) in [6.07, 6.45) is 3.61. The number of hydrazine groups is 1. The first-order valence-electron chi connectivity index (χ1n) is 8.22. The molecule has 0 aliphatic carbocycles. The number of benzene rings is 1. The first-order valence-corrected chi connectivity index (χ1v) is 9.01. The van der Waals surface area contributed by atoms with Gasteiger partial charge in [-0.3, -0.25) is 30.2 Å². The molecule has 9 heteroatoms. The Kier molecular flexibility index (Phi) is 5.60. The number of carbonyl (C=O) groups is 2. The first-order chi connectivity index (χ1) is 13.0. The molecule has 0 spiro atoms. The second-order valence-corrected chi connectivity index (χ2v) is 6.64. The zero-order valence-electron chi connectivity index (χ0n) is 14.4. The SMILES string of the molecule is CCCn1nc(C(=O)NNC(=O)c2cncc(Br)c2)c2ccccc2c1=O. The van der Waals surface area contributed by atoms with Crippen molar-refractivity contribution in [3.8, 4) is 0 Å². The van der Waals surface area contributed by atoms with Gasteiger partial charge in [0.25, 0.3) is 17.4 Å². The predicted molar refractivity (Wildman–Crippen MR) is 103 cm³/mol. The maximum atomic E-state index is 12.6. The lowest BCUT2D eigenvalue weighted by Gasteiger charge is -2.11. The molecule has 3 aromatic rings. The van der Waals surface area contributed by atoms with Crippen LogP contribution in [0.15, 0.2) is 52.0 Å². The Hall–Kier alpha value is -3.07. The van der Waals surface area contributed by atoms with Crippen molar-refractivity contribution in [1.29, 1.82) is 0 Å². The number of rotatable bonds is 4. The normalized spacial score (nSPS) is 10.6. The first kappa shape index (κ1) is 18.7. The van der Waals surface area contributed by atoms with Crippen LogP contribution in [0.25, 0.3) is 10.8 Å². The monoisotopic (exact) mass is 429 g/mol. The Bertz CT molecular complexity index is 1080. The van der Waals surface area contributed by atoms with Gasteiger partial charge < -0.3 is 0 Å². The Labute approximate surface area is 162 Å². The van der Waals surface area contributed by atoms with E-state index in [1.54, 1.807) is 36.5 Å². The molecule has 0 unspecified atom stereocenters. The third kappa shape index (κ3) is 4.03. The van der Waals surface area contributed by atoms with E-state index in [4.69, 9.17) is 0 Å². The van der Waals surface area contributed by atoms with Gasteiger partial charge >= 0.3 is 0 Å². The molecule has 0 saturated carbocycles. The average molecular weight is 430 g/mol. The largest absolute Gasteiger partial charge is 0.290 e. The lowest BCUT2D eigenvalue weighted by atomic mass is 10.1. The standard InChI is InChI=1S/C18H16BrN5O3/c1-2-7-24-18(27)14-6-4-3-5-13(14)15(23-24)17(26)22-21-16(25)11-8-12(19)10-20-9-11/h3-6,8-10H,2,7H2,1H3,(H,21,25)(H,22,26). The fourth-order valence-corrected chi connectivity index (χ4v) is 2.91. The summed E-state index contributed by atoms with van der Waals surface area (Å²) in [6, 6.07) is 8.31. The van der Waals surface area contributed by atoms with E-state index in [1.165, 1.54) is 10.9 Å². The molecule has 0 aliphatic heterocycles. The van der Waals surface area contributed by atoms with Crippen LogP contribution < -0.4 is 16.4 Å². The molecule has 3 rings (SSSR count). The molecule has 138 valence electrons. The van der Waals surface area contributed by atoms with Gasteiger partial charge in [0.15, 0.2) is 5.69 Å². The minimum Gasteiger partial charge on any atom is -0.267 e. The summed E-state index contributed by atoms with van der Waals surface area (Å²) in [7, 11) is 0. The van der Waals surface area contributed by atoms with E-state index in [0.717, 1.165) is 0 Å². The average Bonchev–Trinajstić information content (AvgIpc) is 2.68. The molecule has 2 N–H and O–H groups in total. The zero-order valence-corrected chi connectivity index (χ0v) is 16.0. The lowest BCUT2D eigenvalue weighted by molar-refractivity contribution is 0.0843. The molecular weight excluding hydrogens is 414 g/mol. The fraction of sp³-hybridized carbons (Fsp3) is 0.167. The van der Waals surface area contributed by atoms with Gasteiger partial charge in [-0.15, -0.1) is 0 Å². The number of nitrogens with one attached hydrogen (secondary N) is 2. The van der Waals surface area contributed by atoms with Crippen molar-refractivity contribution in [3.63, 3.8) is 0 Å². The number of amides is 2. The summed E-state index contributed by atoms with van der Waals surface area (Å²) in [5, 5.41) is 4.99. The summed E-state index contributed by atoms with van der Waals surface area (Å²) in [5.74, 6) is -1.14. The summed E-state index contributed by atoms with van der Waals surface area (Å²) in [6.45, 7) is 2.30. The summed E-state index contributed by atoms with van der Waals surface area (Å²) in [4.78, 5) is 41.1. The second kappa shape index (κ2) is 8.09. The number of nitrogens with zero attached hydrogens (tertiary/aromatic N) is 3. The van der Waals surface area contributed by atoms with Crippen LogP contribution in [0, 0.1) is 0 Å².